The van der Waals surface area contributed by atoms with E-state index >= 15 is 0 Å². The molecule has 1 aromatic rings. The topological polar surface area (TPSA) is 12.0 Å². The summed E-state index contributed by atoms with van der Waals surface area (Å²) in [5, 5.41) is 5.02. The highest BCUT2D eigenvalue weighted by Gasteiger charge is 2.01. The van der Waals surface area contributed by atoms with Crippen LogP contribution < -0.4 is 5.32 Å². The van der Waals surface area contributed by atoms with Crippen LogP contribution in [0.3, 0.4) is 0 Å². The van der Waals surface area contributed by atoms with Gasteiger partial charge in [-0.25, -0.2) is 0 Å². The number of thioether (sulfide) groups is 1. The lowest BCUT2D eigenvalue weighted by molar-refractivity contribution is 0.648. The standard InChI is InChI=1S/C13H20ClNS/c1-10-4-5-12(13(14)8-10)9-15-7-6-11(2)16-3/h4-5,8,11,15H,6-7,9H2,1-3H3. The summed E-state index contributed by atoms with van der Waals surface area (Å²) in [5.41, 5.74) is 2.40. The molecule has 90 valence electrons. The average Bonchev–Trinajstić information content (AvgIpc) is 2.26. The Hall–Kier alpha value is -0.180. The Morgan fingerprint density at radius 1 is 1.44 bits per heavy atom. The van der Waals surface area contributed by atoms with Gasteiger partial charge in [-0.05, 0) is 43.3 Å². The lowest BCUT2D eigenvalue weighted by Gasteiger charge is -2.10. The van der Waals surface area contributed by atoms with Crippen LogP contribution in [0.25, 0.3) is 0 Å². The summed E-state index contributed by atoms with van der Waals surface area (Å²) in [6.45, 7) is 6.22. The van der Waals surface area contributed by atoms with Crippen LogP contribution in [0.2, 0.25) is 5.02 Å². The van der Waals surface area contributed by atoms with Crippen LogP contribution in [0.4, 0.5) is 0 Å². The van der Waals surface area contributed by atoms with Crippen LogP contribution in [-0.4, -0.2) is 18.1 Å². The van der Waals surface area contributed by atoms with Crippen LogP contribution in [0, 0.1) is 6.92 Å². The van der Waals surface area contributed by atoms with Gasteiger partial charge < -0.3 is 5.32 Å². The Morgan fingerprint density at radius 2 is 2.19 bits per heavy atom. The number of halogens is 1. The normalized spacial score (nSPS) is 12.8. The Labute approximate surface area is 108 Å². The third kappa shape index (κ3) is 4.77. The molecule has 16 heavy (non-hydrogen) atoms. The minimum absolute atomic E-state index is 0.723. The van der Waals surface area contributed by atoms with Crippen molar-refractivity contribution in [2.75, 3.05) is 12.8 Å². The molecule has 1 aromatic carbocycles. The van der Waals surface area contributed by atoms with Crippen molar-refractivity contribution < 1.29 is 0 Å². The highest BCUT2D eigenvalue weighted by molar-refractivity contribution is 7.99. The molecule has 0 radical (unpaired) electrons. The van der Waals surface area contributed by atoms with Gasteiger partial charge in [-0.1, -0.05) is 30.7 Å². The second kappa shape index (κ2) is 7.21. The maximum atomic E-state index is 6.15. The number of rotatable bonds is 6. The fourth-order valence-electron chi connectivity index (χ4n) is 1.44. The molecular formula is C13H20ClNS. The van der Waals surface area contributed by atoms with Crippen LogP contribution in [-0.2, 0) is 6.54 Å². The Bertz CT molecular complexity index is 328. The second-order valence-electron chi connectivity index (χ2n) is 4.11. The molecule has 1 N–H and O–H groups in total. The van der Waals surface area contributed by atoms with Gasteiger partial charge in [0.2, 0.25) is 0 Å². The zero-order valence-corrected chi connectivity index (χ0v) is 11.8. The molecule has 0 spiro atoms. The number of nitrogens with one attached hydrogen (secondary N) is 1. The predicted octanol–water partition coefficient (Wildman–Crippen LogP) is 3.88. The van der Waals surface area contributed by atoms with E-state index in [-0.39, 0.29) is 0 Å². The number of hydrogen-bond donors (Lipinski definition) is 1. The van der Waals surface area contributed by atoms with Gasteiger partial charge in [0.1, 0.15) is 0 Å². The summed E-state index contributed by atoms with van der Waals surface area (Å²) in [6.07, 6.45) is 3.35. The van der Waals surface area contributed by atoms with E-state index in [1.807, 2.05) is 17.8 Å². The zero-order valence-electron chi connectivity index (χ0n) is 10.2. The first-order valence-electron chi connectivity index (χ1n) is 5.62. The van der Waals surface area contributed by atoms with Crippen molar-refractivity contribution in [2.24, 2.45) is 0 Å². The summed E-state index contributed by atoms with van der Waals surface area (Å²) >= 11 is 8.06. The van der Waals surface area contributed by atoms with Crippen LogP contribution in [0.15, 0.2) is 18.2 Å². The molecular weight excluding hydrogens is 238 g/mol. The largest absolute Gasteiger partial charge is 0.313 e. The van der Waals surface area contributed by atoms with Crippen molar-refractivity contribution in [1.29, 1.82) is 0 Å². The summed E-state index contributed by atoms with van der Waals surface area (Å²) in [4.78, 5) is 0. The molecule has 0 bridgehead atoms. The van der Waals surface area contributed by atoms with Crippen LogP contribution >= 0.6 is 23.4 Å². The van der Waals surface area contributed by atoms with E-state index in [0.717, 1.165) is 23.4 Å². The van der Waals surface area contributed by atoms with E-state index in [9.17, 15) is 0 Å². The van der Waals surface area contributed by atoms with Crippen molar-refractivity contribution in [1.82, 2.24) is 5.32 Å². The third-order valence-corrected chi connectivity index (χ3v) is 4.05. The van der Waals surface area contributed by atoms with Crippen molar-refractivity contribution in [3.63, 3.8) is 0 Å². The molecule has 1 rings (SSSR count). The molecule has 0 aromatic heterocycles. The minimum atomic E-state index is 0.723. The minimum Gasteiger partial charge on any atom is -0.313 e. The van der Waals surface area contributed by atoms with Crippen LogP contribution in [0.1, 0.15) is 24.5 Å². The SMILES string of the molecule is CSC(C)CCNCc1ccc(C)cc1Cl. The smallest absolute Gasteiger partial charge is 0.0453 e. The maximum Gasteiger partial charge on any atom is 0.0453 e. The monoisotopic (exact) mass is 257 g/mol. The first kappa shape index (κ1) is 13.9. The summed E-state index contributed by atoms with van der Waals surface area (Å²) in [6, 6.07) is 6.22. The van der Waals surface area contributed by atoms with Gasteiger partial charge in [0.25, 0.3) is 0 Å². The molecule has 0 aliphatic heterocycles. The molecule has 0 heterocycles. The highest BCUT2D eigenvalue weighted by Crippen LogP contribution is 2.17. The van der Waals surface area contributed by atoms with Gasteiger partial charge in [0, 0.05) is 16.8 Å². The summed E-state index contributed by atoms with van der Waals surface area (Å²) in [7, 11) is 0. The van der Waals surface area contributed by atoms with Gasteiger partial charge in [-0.3, -0.25) is 0 Å². The van der Waals surface area contributed by atoms with E-state index in [1.54, 1.807) is 0 Å². The van der Waals surface area contributed by atoms with E-state index in [1.165, 1.54) is 17.5 Å². The molecule has 3 heteroatoms. The lowest BCUT2D eigenvalue weighted by Crippen LogP contribution is -2.17. The Morgan fingerprint density at radius 3 is 2.81 bits per heavy atom. The number of hydrogen-bond acceptors (Lipinski definition) is 2. The number of aryl methyl sites for hydroxylation is 1. The van der Waals surface area contributed by atoms with E-state index in [2.05, 4.69) is 37.6 Å². The molecule has 0 saturated carbocycles. The fraction of sp³-hybridized carbons (Fsp3) is 0.538. The summed E-state index contributed by atoms with van der Waals surface area (Å²) in [5.74, 6) is 0. The van der Waals surface area contributed by atoms with Crippen LogP contribution in [0.5, 0.6) is 0 Å². The quantitative estimate of drug-likeness (QED) is 0.777. The van der Waals surface area contributed by atoms with Crippen molar-refractivity contribution in [2.45, 2.75) is 32.1 Å². The molecule has 1 unspecified atom stereocenters. The molecule has 0 fully saturated rings. The first-order chi connectivity index (χ1) is 7.63. The molecule has 0 saturated heterocycles. The van der Waals surface area contributed by atoms with E-state index in [0.29, 0.717) is 0 Å². The molecule has 0 aliphatic rings. The maximum absolute atomic E-state index is 6.15. The van der Waals surface area contributed by atoms with Gasteiger partial charge in [0.15, 0.2) is 0 Å². The fourth-order valence-corrected chi connectivity index (χ4v) is 2.10. The van der Waals surface area contributed by atoms with E-state index < -0.39 is 0 Å². The van der Waals surface area contributed by atoms with E-state index in [4.69, 9.17) is 11.6 Å². The van der Waals surface area contributed by atoms with Crippen molar-refractivity contribution in [3.05, 3.63) is 34.3 Å². The molecule has 0 amide bonds. The predicted molar refractivity (Wildman–Crippen MR) is 75.5 cm³/mol. The van der Waals surface area contributed by atoms with Crippen molar-refractivity contribution in [3.8, 4) is 0 Å². The van der Waals surface area contributed by atoms with Gasteiger partial charge in [-0.2, -0.15) is 11.8 Å². The summed E-state index contributed by atoms with van der Waals surface area (Å²) < 4.78 is 0. The van der Waals surface area contributed by atoms with Gasteiger partial charge in [-0.15, -0.1) is 0 Å². The number of benzene rings is 1. The van der Waals surface area contributed by atoms with Crippen molar-refractivity contribution >= 4 is 23.4 Å². The second-order valence-corrected chi connectivity index (χ2v) is 5.79. The first-order valence-corrected chi connectivity index (χ1v) is 7.28. The third-order valence-electron chi connectivity index (χ3n) is 2.65. The Kier molecular flexibility index (Phi) is 6.25. The lowest BCUT2D eigenvalue weighted by atomic mass is 10.1. The zero-order chi connectivity index (χ0) is 12.0. The molecule has 1 nitrogen and oxygen atoms in total. The highest BCUT2D eigenvalue weighted by atomic mass is 35.5. The average molecular weight is 258 g/mol. The molecule has 0 aliphatic carbocycles. The van der Waals surface area contributed by atoms with Gasteiger partial charge in [0.05, 0.1) is 0 Å². The Balaban J connectivity index is 2.32. The van der Waals surface area contributed by atoms with Gasteiger partial charge >= 0.3 is 0 Å². The molecule has 1 atom stereocenters.